The molecule has 0 aliphatic carbocycles. The molecule has 3 aromatic heterocycles. The summed E-state index contributed by atoms with van der Waals surface area (Å²) in [5.41, 5.74) is 1.84. The Morgan fingerprint density at radius 3 is 2.91 bits per heavy atom. The van der Waals surface area contributed by atoms with Crippen molar-refractivity contribution in [3.05, 3.63) is 51.2 Å². The van der Waals surface area contributed by atoms with Crippen molar-refractivity contribution in [3.63, 3.8) is 0 Å². The summed E-state index contributed by atoms with van der Waals surface area (Å²) in [6.07, 6.45) is 3.51. The van der Waals surface area contributed by atoms with Gasteiger partial charge in [0.25, 0.3) is 5.91 Å². The molecule has 0 saturated heterocycles. The maximum Gasteiger partial charge on any atom is 0.262 e. The highest BCUT2D eigenvalue weighted by molar-refractivity contribution is 7.12. The highest BCUT2D eigenvalue weighted by atomic mass is 32.1. The van der Waals surface area contributed by atoms with Crippen LogP contribution in [0.5, 0.6) is 5.75 Å². The third kappa shape index (κ3) is 3.57. The van der Waals surface area contributed by atoms with Crippen LogP contribution in [-0.2, 0) is 0 Å². The molecule has 3 rings (SSSR count). The summed E-state index contributed by atoms with van der Waals surface area (Å²) in [6.45, 7) is 1.93. The van der Waals surface area contributed by atoms with E-state index in [0.29, 0.717) is 10.6 Å². The molecule has 0 aromatic carbocycles. The lowest BCUT2D eigenvalue weighted by atomic mass is 10.2. The number of carbonyl (C=O) groups excluding carboxylic acids is 1. The molecular formula is C16H15N3O2S2. The van der Waals surface area contributed by atoms with Crippen LogP contribution in [0.15, 0.2) is 41.4 Å². The van der Waals surface area contributed by atoms with E-state index in [1.807, 2.05) is 29.8 Å². The summed E-state index contributed by atoms with van der Waals surface area (Å²) >= 11 is 2.88. The molecule has 3 heterocycles. The van der Waals surface area contributed by atoms with Gasteiger partial charge in [-0.25, -0.2) is 4.98 Å². The first-order chi connectivity index (χ1) is 11.2. The van der Waals surface area contributed by atoms with E-state index in [-0.39, 0.29) is 11.9 Å². The number of aromatic nitrogens is 2. The molecule has 0 unspecified atom stereocenters. The number of hydrogen-bond donors (Lipinski definition) is 1. The van der Waals surface area contributed by atoms with E-state index in [1.165, 1.54) is 22.7 Å². The number of rotatable bonds is 5. The molecule has 1 atom stereocenters. The molecule has 118 valence electrons. The fraction of sp³-hybridized carbons (Fsp3) is 0.188. The van der Waals surface area contributed by atoms with Crippen LogP contribution in [0.2, 0.25) is 0 Å². The van der Waals surface area contributed by atoms with Gasteiger partial charge in [-0.1, -0.05) is 0 Å². The van der Waals surface area contributed by atoms with Gasteiger partial charge in [0.2, 0.25) is 0 Å². The zero-order valence-corrected chi connectivity index (χ0v) is 14.3. The number of amides is 1. The van der Waals surface area contributed by atoms with Crippen molar-refractivity contribution < 1.29 is 9.53 Å². The minimum Gasteiger partial charge on any atom is -0.496 e. The molecule has 0 bridgehead atoms. The molecular weight excluding hydrogens is 330 g/mol. The second-order valence-corrected chi connectivity index (χ2v) is 6.66. The zero-order valence-electron chi connectivity index (χ0n) is 12.6. The number of nitrogens with zero attached hydrogens (tertiary/aromatic N) is 2. The summed E-state index contributed by atoms with van der Waals surface area (Å²) in [6, 6.07) is 5.41. The summed E-state index contributed by atoms with van der Waals surface area (Å²) in [4.78, 5) is 21.6. The van der Waals surface area contributed by atoms with E-state index in [4.69, 9.17) is 4.74 Å². The Morgan fingerprint density at radius 1 is 1.35 bits per heavy atom. The normalized spacial score (nSPS) is 11.9. The van der Waals surface area contributed by atoms with Gasteiger partial charge in [0.05, 0.1) is 23.7 Å². The smallest absolute Gasteiger partial charge is 0.262 e. The van der Waals surface area contributed by atoms with Crippen molar-refractivity contribution in [2.45, 2.75) is 13.0 Å². The molecule has 1 N–H and O–H groups in total. The van der Waals surface area contributed by atoms with Crippen LogP contribution >= 0.6 is 22.7 Å². The molecule has 0 saturated carbocycles. The highest BCUT2D eigenvalue weighted by Crippen LogP contribution is 2.26. The topological polar surface area (TPSA) is 64.1 Å². The number of thiazole rings is 1. The molecule has 1 amide bonds. The van der Waals surface area contributed by atoms with Crippen molar-refractivity contribution in [2.75, 3.05) is 7.11 Å². The molecule has 0 radical (unpaired) electrons. The Bertz CT molecular complexity index is 799. The molecule has 5 nitrogen and oxygen atoms in total. The number of nitrogens with one attached hydrogen (secondary N) is 1. The first-order valence-electron chi connectivity index (χ1n) is 6.96. The van der Waals surface area contributed by atoms with Gasteiger partial charge in [0, 0.05) is 34.8 Å². The monoisotopic (exact) mass is 345 g/mol. The second-order valence-electron chi connectivity index (χ2n) is 4.86. The van der Waals surface area contributed by atoms with E-state index in [1.54, 1.807) is 25.6 Å². The first kappa shape index (κ1) is 15.6. The Balaban J connectivity index is 1.70. The third-order valence-electron chi connectivity index (χ3n) is 3.23. The molecule has 0 fully saturated rings. The average molecular weight is 345 g/mol. The number of hydrogen-bond acceptors (Lipinski definition) is 6. The lowest BCUT2D eigenvalue weighted by Crippen LogP contribution is -2.25. The molecule has 23 heavy (non-hydrogen) atoms. The quantitative estimate of drug-likeness (QED) is 0.764. The van der Waals surface area contributed by atoms with E-state index in [2.05, 4.69) is 15.3 Å². The fourth-order valence-corrected chi connectivity index (χ4v) is 3.60. The Hall–Kier alpha value is -2.25. The Morgan fingerprint density at radius 2 is 2.22 bits per heavy atom. The first-order valence-corrected chi connectivity index (χ1v) is 8.72. The SMILES string of the molecule is COc1csc(C(=O)N[C@@H](C)c2nc(-c3cccnc3)cs2)c1. The molecule has 0 aliphatic heterocycles. The summed E-state index contributed by atoms with van der Waals surface area (Å²) in [5.74, 6) is 0.574. The minimum absolute atomic E-state index is 0.121. The summed E-state index contributed by atoms with van der Waals surface area (Å²) in [5, 5.41) is 7.61. The van der Waals surface area contributed by atoms with Crippen LogP contribution in [0.4, 0.5) is 0 Å². The van der Waals surface area contributed by atoms with E-state index >= 15 is 0 Å². The maximum absolute atomic E-state index is 12.2. The van der Waals surface area contributed by atoms with Gasteiger partial charge in [-0.15, -0.1) is 22.7 Å². The van der Waals surface area contributed by atoms with Crippen molar-refractivity contribution in [3.8, 4) is 17.0 Å². The maximum atomic E-state index is 12.2. The standard InChI is InChI=1S/C16H15N3O2S2/c1-10(18-15(20)14-6-12(21-2)8-22-14)16-19-13(9-23-16)11-4-3-5-17-7-11/h3-10H,1-2H3,(H,18,20)/t10-/m0/s1. The molecule has 0 aliphatic rings. The van der Waals surface area contributed by atoms with E-state index in [9.17, 15) is 4.79 Å². The Kier molecular flexibility index (Phi) is 4.68. The lowest BCUT2D eigenvalue weighted by Gasteiger charge is -2.10. The van der Waals surface area contributed by atoms with Crippen LogP contribution in [-0.4, -0.2) is 23.0 Å². The van der Waals surface area contributed by atoms with Gasteiger partial charge in [0.1, 0.15) is 10.8 Å². The average Bonchev–Trinajstić information content (AvgIpc) is 3.25. The predicted octanol–water partition coefficient (Wildman–Crippen LogP) is 3.77. The zero-order chi connectivity index (χ0) is 16.2. The number of carbonyl (C=O) groups is 1. The third-order valence-corrected chi connectivity index (χ3v) is 5.17. The van der Waals surface area contributed by atoms with Crippen LogP contribution in [0.3, 0.4) is 0 Å². The van der Waals surface area contributed by atoms with Crippen molar-refractivity contribution in [2.24, 2.45) is 0 Å². The largest absolute Gasteiger partial charge is 0.496 e. The Labute approximate surface area is 142 Å². The lowest BCUT2D eigenvalue weighted by molar-refractivity contribution is 0.0943. The van der Waals surface area contributed by atoms with Crippen molar-refractivity contribution in [1.82, 2.24) is 15.3 Å². The molecule has 3 aromatic rings. The van der Waals surface area contributed by atoms with Crippen LogP contribution in [0.25, 0.3) is 11.3 Å². The van der Waals surface area contributed by atoms with Crippen LogP contribution in [0, 0.1) is 0 Å². The van der Waals surface area contributed by atoms with E-state index in [0.717, 1.165) is 16.3 Å². The van der Waals surface area contributed by atoms with Crippen molar-refractivity contribution >= 4 is 28.6 Å². The van der Waals surface area contributed by atoms with Gasteiger partial charge < -0.3 is 10.1 Å². The molecule has 0 spiro atoms. The number of thiophene rings is 1. The summed E-state index contributed by atoms with van der Waals surface area (Å²) in [7, 11) is 1.59. The predicted molar refractivity (Wildman–Crippen MR) is 92.1 cm³/mol. The van der Waals surface area contributed by atoms with Gasteiger partial charge in [-0.05, 0) is 19.1 Å². The number of pyridine rings is 1. The fourth-order valence-electron chi connectivity index (χ4n) is 2.01. The van der Waals surface area contributed by atoms with Gasteiger partial charge >= 0.3 is 0 Å². The number of ether oxygens (including phenoxy) is 1. The van der Waals surface area contributed by atoms with Crippen molar-refractivity contribution in [1.29, 1.82) is 0 Å². The van der Waals surface area contributed by atoms with E-state index < -0.39 is 0 Å². The van der Waals surface area contributed by atoms with Crippen LogP contribution < -0.4 is 10.1 Å². The van der Waals surface area contributed by atoms with Crippen LogP contribution in [0.1, 0.15) is 27.6 Å². The van der Waals surface area contributed by atoms with Gasteiger partial charge in [0.15, 0.2) is 0 Å². The second kappa shape index (κ2) is 6.89. The van der Waals surface area contributed by atoms with Gasteiger partial charge in [-0.3, -0.25) is 9.78 Å². The van der Waals surface area contributed by atoms with Gasteiger partial charge in [-0.2, -0.15) is 0 Å². The highest BCUT2D eigenvalue weighted by Gasteiger charge is 2.16. The number of methoxy groups -OCH3 is 1. The molecule has 7 heteroatoms. The minimum atomic E-state index is -0.161. The summed E-state index contributed by atoms with van der Waals surface area (Å²) < 4.78 is 5.10.